The van der Waals surface area contributed by atoms with Gasteiger partial charge in [-0.1, -0.05) is 41.7 Å². The fourth-order valence-electron chi connectivity index (χ4n) is 8.64. The minimum absolute atomic E-state index is 0.0278. The number of halogens is 2. The standard InChI is InChI=1S/C38H41F2N11O9P2S3/c1-19(2)21-9-10-38(3)24(11-21)65-62(64,60-38)59-30-23(57-37(26(30)40)50-17-45-28-33(50)46-18-51-34(28)43-15-47-51)13-55-61(54,63)58-29-22(12-52)56-36(25(29)39)49-16-44-27-31(41-14-42-32(27)49)48-35(53)20-7-5-4-6-8-20/h4-8,14-18,21-26,29-30,36-37,52H,1,9-13H2,2-3H3,(H,54,63)(H,41,42,48,53)/t21-,22+,23+,24+,25+,26+,29+,30+,36+,37+,38+,61?,62?/m0/s1. The fourth-order valence-corrected chi connectivity index (χ4v) is 17.3. The van der Waals surface area contributed by atoms with Crippen molar-refractivity contribution in [3.05, 3.63) is 79.7 Å². The minimum Gasteiger partial charge on any atom is -0.394 e. The molecule has 6 aromatic rings. The zero-order valence-corrected chi connectivity index (χ0v) is 38.6. The molecule has 0 spiro atoms. The van der Waals surface area contributed by atoms with Gasteiger partial charge in [0.15, 0.2) is 58.6 Å². The molecule has 13 atom stereocenters. The number of aromatic nitrogens is 10. The number of alkyl halides is 2. The van der Waals surface area contributed by atoms with Crippen LogP contribution in [-0.2, 0) is 51.2 Å². The zero-order valence-electron chi connectivity index (χ0n) is 34.4. The van der Waals surface area contributed by atoms with E-state index in [4.69, 9.17) is 51.2 Å². The second-order valence-corrected chi connectivity index (χ2v) is 25.4. The molecule has 0 bridgehead atoms. The maximum atomic E-state index is 17.1. The number of hydrogen-bond acceptors (Lipinski definition) is 18. The molecule has 3 N–H and O–H groups in total. The molecule has 1 aromatic carbocycles. The lowest BCUT2D eigenvalue weighted by molar-refractivity contribution is -0.0513. The summed E-state index contributed by atoms with van der Waals surface area (Å²) in [4.78, 5) is 50.1. The highest BCUT2D eigenvalue weighted by Crippen LogP contribution is 2.75. The number of nitrogens with zero attached hydrogens (tertiary/aromatic N) is 10. The number of aliphatic hydroxyl groups is 1. The molecule has 8 heterocycles. The number of hydrogen-bond donors (Lipinski definition) is 3. The van der Waals surface area contributed by atoms with Crippen molar-refractivity contribution in [3.63, 3.8) is 0 Å². The normalized spacial score (nSPS) is 33.4. The lowest BCUT2D eigenvalue weighted by Gasteiger charge is -2.37. The molecule has 27 heteroatoms. The molecule has 2 unspecified atom stereocenters. The number of aliphatic hydroxyl groups excluding tert-OH is 1. The van der Waals surface area contributed by atoms with E-state index in [1.54, 1.807) is 30.3 Å². The van der Waals surface area contributed by atoms with Crippen molar-refractivity contribution >= 4 is 87.1 Å². The summed E-state index contributed by atoms with van der Waals surface area (Å²) in [6.07, 6.45) is -3.69. The van der Waals surface area contributed by atoms with Crippen molar-refractivity contribution in [2.24, 2.45) is 5.92 Å². The van der Waals surface area contributed by atoms with E-state index in [0.717, 1.165) is 24.7 Å². The largest absolute Gasteiger partial charge is 0.394 e. The van der Waals surface area contributed by atoms with Crippen molar-refractivity contribution in [1.29, 1.82) is 0 Å². The molecule has 1 amide bonds. The van der Waals surface area contributed by atoms with Crippen LogP contribution < -0.4 is 5.32 Å². The highest BCUT2D eigenvalue weighted by atomic mass is 32.9. The summed E-state index contributed by atoms with van der Waals surface area (Å²) in [5.74, 6) is -0.113. The summed E-state index contributed by atoms with van der Waals surface area (Å²) in [5, 5.41) is 17.0. The van der Waals surface area contributed by atoms with Crippen LogP contribution in [0.25, 0.3) is 28.0 Å². The summed E-state index contributed by atoms with van der Waals surface area (Å²) >= 11 is 12.9. The predicted molar refractivity (Wildman–Crippen MR) is 238 cm³/mol. The molecule has 20 nitrogen and oxygen atoms in total. The van der Waals surface area contributed by atoms with Gasteiger partial charge in [-0.2, -0.15) is 5.10 Å². The van der Waals surface area contributed by atoms with Gasteiger partial charge in [0.1, 0.15) is 43.4 Å². The molecule has 3 saturated heterocycles. The van der Waals surface area contributed by atoms with Crippen LogP contribution in [0.4, 0.5) is 14.6 Å². The highest BCUT2D eigenvalue weighted by Gasteiger charge is 2.57. The summed E-state index contributed by atoms with van der Waals surface area (Å²) in [7, 11) is 0. The number of allylic oxidation sites excluding steroid dienone is 1. The molecular formula is C38H41F2N11O9P2S3. The van der Waals surface area contributed by atoms with Gasteiger partial charge in [0, 0.05) is 10.8 Å². The van der Waals surface area contributed by atoms with Crippen LogP contribution in [0.1, 0.15) is 55.9 Å². The molecule has 0 radical (unpaired) electrons. The van der Waals surface area contributed by atoms with Gasteiger partial charge in [0.2, 0.25) is 5.69 Å². The molecular weight excluding hydrogens is 951 g/mol. The fraction of sp³-hybridized carbons (Fsp3) is 0.474. The second kappa shape index (κ2) is 17.4. The van der Waals surface area contributed by atoms with Gasteiger partial charge in [-0.3, -0.25) is 18.5 Å². The van der Waals surface area contributed by atoms with E-state index in [1.807, 2.05) is 13.8 Å². The first-order valence-electron chi connectivity index (χ1n) is 20.4. The van der Waals surface area contributed by atoms with Crippen molar-refractivity contribution < 1.29 is 51.1 Å². The quantitative estimate of drug-likeness (QED) is 0.0955. The predicted octanol–water partition coefficient (Wildman–Crippen LogP) is 5.52. The van der Waals surface area contributed by atoms with Gasteiger partial charge in [0.25, 0.3) is 5.91 Å². The number of fused-ring (bicyclic) bond motifs is 5. The number of ether oxygens (including phenoxy) is 2. The Labute approximate surface area is 382 Å². The summed E-state index contributed by atoms with van der Waals surface area (Å²) in [5.41, 5.74) is -1.21. The van der Waals surface area contributed by atoms with Gasteiger partial charge < -0.3 is 38.4 Å². The van der Waals surface area contributed by atoms with Crippen LogP contribution in [0.5, 0.6) is 0 Å². The van der Waals surface area contributed by atoms with Gasteiger partial charge in [0.05, 0.1) is 31.5 Å². The molecule has 10 rings (SSSR count). The molecule has 4 aliphatic rings. The smallest absolute Gasteiger partial charge is 0.325 e. The first kappa shape index (κ1) is 45.0. The molecule has 1 aliphatic carbocycles. The summed E-state index contributed by atoms with van der Waals surface area (Å²) in [6, 6.07) is 8.44. The average molecular weight is 992 g/mol. The SMILES string of the molecule is C=C(C)[C@H]1CC[C@@]2(C)OP(=S)(O[C@H]3[C@@H](F)[C@H](n4cnc5c4ncn4ncnc54)O[C@@H]3COP(O)(=S)O[C@H]3[C@@H](F)[C@H](n4cnc5c(NC(=O)c6ccccc6)ncnc54)O[C@@H]3CO)S[C@@H]2C1. The third kappa shape index (κ3) is 8.35. The Morgan fingerprint density at radius 3 is 2.43 bits per heavy atom. The number of carbonyl (C=O) groups is 1. The maximum absolute atomic E-state index is 17.1. The highest BCUT2D eigenvalue weighted by molar-refractivity contribution is 8.68. The van der Waals surface area contributed by atoms with E-state index < -0.39 is 86.3 Å². The molecule has 3 aliphatic heterocycles. The van der Waals surface area contributed by atoms with E-state index in [-0.39, 0.29) is 33.8 Å². The lowest BCUT2D eigenvalue weighted by Crippen LogP contribution is -2.40. The van der Waals surface area contributed by atoms with Gasteiger partial charge in [-0.15, -0.1) is 0 Å². The minimum atomic E-state index is -4.44. The van der Waals surface area contributed by atoms with Crippen molar-refractivity contribution in [2.45, 2.75) is 93.2 Å². The van der Waals surface area contributed by atoms with Gasteiger partial charge in [-0.05, 0) is 74.8 Å². The topological polar surface area (TPSA) is 229 Å². The number of amides is 1. The Balaban J connectivity index is 0.875. The van der Waals surface area contributed by atoms with Crippen LogP contribution >= 0.6 is 23.8 Å². The van der Waals surface area contributed by atoms with E-state index in [2.05, 4.69) is 46.9 Å². The number of rotatable bonds is 13. The molecule has 4 fully saturated rings. The van der Waals surface area contributed by atoms with Crippen LogP contribution in [0.2, 0.25) is 0 Å². The summed E-state index contributed by atoms with van der Waals surface area (Å²) < 4.78 is 74.5. The summed E-state index contributed by atoms with van der Waals surface area (Å²) in [6.45, 7) is 2.38. The Hall–Kier alpha value is -3.81. The number of carbonyl (C=O) groups excluding carboxylic acids is 1. The van der Waals surface area contributed by atoms with Gasteiger partial charge >= 0.3 is 6.72 Å². The van der Waals surface area contributed by atoms with E-state index >= 15 is 8.78 Å². The molecule has 65 heavy (non-hydrogen) atoms. The van der Waals surface area contributed by atoms with Crippen molar-refractivity contribution in [3.8, 4) is 0 Å². The van der Waals surface area contributed by atoms with Crippen molar-refractivity contribution in [1.82, 2.24) is 48.7 Å². The number of nitrogens with one attached hydrogen (secondary N) is 1. The average Bonchev–Trinajstić information content (AvgIpc) is 4.14. The number of imidazole rings is 2. The van der Waals surface area contributed by atoms with E-state index in [9.17, 15) is 14.8 Å². The molecule has 1 saturated carbocycles. The molecule has 344 valence electrons. The first-order valence-corrected chi connectivity index (χ1v) is 27.1. The Morgan fingerprint density at radius 1 is 1.00 bits per heavy atom. The van der Waals surface area contributed by atoms with Crippen LogP contribution in [-0.4, -0.2) is 125 Å². The maximum Gasteiger partial charge on any atom is 0.325 e. The Bertz CT molecular complexity index is 2900. The number of anilines is 1. The van der Waals surface area contributed by atoms with Crippen LogP contribution in [0, 0.1) is 5.92 Å². The molecule has 5 aromatic heterocycles. The lowest BCUT2D eigenvalue weighted by atomic mass is 9.77. The van der Waals surface area contributed by atoms with Crippen LogP contribution in [0.15, 0.2) is 74.1 Å². The third-order valence-corrected chi connectivity index (χ3v) is 19.3. The first-order chi connectivity index (χ1) is 31.1. The van der Waals surface area contributed by atoms with E-state index in [0.29, 0.717) is 23.1 Å². The van der Waals surface area contributed by atoms with Gasteiger partial charge in [-0.25, -0.2) is 43.2 Å². The monoisotopic (exact) mass is 991 g/mol. The zero-order chi connectivity index (χ0) is 45.4. The Kier molecular flexibility index (Phi) is 12.0. The second-order valence-electron chi connectivity index (χ2n) is 16.3. The van der Waals surface area contributed by atoms with Crippen LogP contribution in [0.3, 0.4) is 0 Å². The Morgan fingerprint density at radius 2 is 1.69 bits per heavy atom. The van der Waals surface area contributed by atoms with E-state index in [1.165, 1.54) is 50.3 Å². The van der Waals surface area contributed by atoms with Crippen molar-refractivity contribution in [2.75, 3.05) is 18.5 Å². The third-order valence-electron chi connectivity index (χ3n) is 12.1. The number of benzene rings is 1.